The number of nitriles is 1. The zero-order chi connectivity index (χ0) is 21.7. The summed E-state index contributed by atoms with van der Waals surface area (Å²) >= 11 is 6.79. The van der Waals surface area contributed by atoms with Crippen molar-refractivity contribution in [2.24, 2.45) is 0 Å². The zero-order valence-corrected chi connectivity index (χ0v) is 18.5. The highest BCUT2D eigenvalue weighted by Crippen LogP contribution is 2.41. The number of carbonyl (C=O) groups excluding carboxylic acids is 3. The molecule has 0 saturated carbocycles. The first kappa shape index (κ1) is 20.1. The fourth-order valence-electron chi connectivity index (χ4n) is 3.53. The molecule has 0 fully saturated rings. The average molecular weight is 529 g/mol. The second-order valence-electron chi connectivity index (χ2n) is 6.42. The minimum atomic E-state index is -0.785. The number of benzene rings is 2. The first-order chi connectivity index (χ1) is 14.3. The third-order valence-corrected chi connectivity index (χ3v) is 6.09. The maximum atomic E-state index is 13.4. The summed E-state index contributed by atoms with van der Waals surface area (Å²) in [6, 6.07) is 10.0. The number of nitrogens with two attached hydrogens (primary N) is 1. The van der Waals surface area contributed by atoms with E-state index in [1.807, 2.05) is 6.07 Å². The lowest BCUT2D eigenvalue weighted by Gasteiger charge is -2.23. The predicted molar refractivity (Wildman–Crippen MR) is 115 cm³/mol. The van der Waals surface area contributed by atoms with E-state index in [0.717, 1.165) is 0 Å². The molecule has 0 radical (unpaired) electrons. The van der Waals surface area contributed by atoms with Gasteiger partial charge in [0.25, 0.3) is 0 Å². The number of nitrogen functional groups attached to an aromatic ring is 1. The highest BCUT2D eigenvalue weighted by atomic mass is 79.9. The van der Waals surface area contributed by atoms with Crippen LogP contribution in [0, 0.1) is 11.3 Å². The standard InChI is InChI=1S/C21H11Br2N3O4/c1-30-21(29)18-16(25)9(7-24)8-26(18)17-13(23)6-12(22)14-15(17)20(28)11-5-3-2-4-10(11)19(14)27/h2-6,8H,25H2,1H3. The SMILES string of the molecule is COC(=O)c1c(N)c(C#N)cn1-c1c(Br)cc(Br)c2c1C(=O)c1ccccc1C2=O. The van der Waals surface area contributed by atoms with E-state index in [0.29, 0.717) is 14.5 Å². The molecule has 0 unspecified atom stereocenters. The number of rotatable bonds is 2. The first-order valence-corrected chi connectivity index (χ1v) is 10.1. The minimum Gasteiger partial charge on any atom is -0.464 e. The Kier molecular flexibility index (Phi) is 4.84. The van der Waals surface area contributed by atoms with Gasteiger partial charge in [0.1, 0.15) is 6.07 Å². The lowest BCUT2D eigenvalue weighted by molar-refractivity contribution is 0.0592. The van der Waals surface area contributed by atoms with Crippen molar-refractivity contribution in [2.45, 2.75) is 0 Å². The normalized spacial score (nSPS) is 12.2. The molecule has 2 N–H and O–H groups in total. The van der Waals surface area contributed by atoms with Crippen LogP contribution < -0.4 is 5.73 Å². The zero-order valence-electron chi connectivity index (χ0n) is 15.3. The number of fused-ring (bicyclic) bond motifs is 2. The van der Waals surface area contributed by atoms with Gasteiger partial charge in [-0.2, -0.15) is 5.26 Å². The number of esters is 1. The maximum absolute atomic E-state index is 13.4. The van der Waals surface area contributed by atoms with Gasteiger partial charge < -0.3 is 15.0 Å². The molecule has 0 bridgehead atoms. The van der Waals surface area contributed by atoms with Gasteiger partial charge >= 0.3 is 5.97 Å². The van der Waals surface area contributed by atoms with Gasteiger partial charge in [0, 0.05) is 26.3 Å². The Morgan fingerprint density at radius 3 is 2.27 bits per heavy atom. The van der Waals surface area contributed by atoms with Gasteiger partial charge in [-0.25, -0.2) is 4.79 Å². The summed E-state index contributed by atoms with van der Waals surface area (Å²) in [7, 11) is 1.18. The van der Waals surface area contributed by atoms with E-state index in [1.165, 1.54) is 17.9 Å². The fourth-order valence-corrected chi connectivity index (χ4v) is 5.06. The Morgan fingerprint density at radius 2 is 1.70 bits per heavy atom. The molecule has 148 valence electrons. The van der Waals surface area contributed by atoms with Crippen molar-refractivity contribution in [2.75, 3.05) is 12.8 Å². The summed E-state index contributed by atoms with van der Waals surface area (Å²) in [5.74, 6) is -1.51. The van der Waals surface area contributed by atoms with E-state index in [1.54, 1.807) is 30.3 Å². The Bertz CT molecular complexity index is 1330. The maximum Gasteiger partial charge on any atom is 0.357 e. The van der Waals surface area contributed by atoms with Crippen LogP contribution in [-0.4, -0.2) is 29.2 Å². The molecule has 0 spiro atoms. The van der Waals surface area contributed by atoms with Crippen molar-refractivity contribution in [3.8, 4) is 11.8 Å². The van der Waals surface area contributed by atoms with Crippen LogP contribution >= 0.6 is 31.9 Å². The number of methoxy groups -OCH3 is 1. The predicted octanol–water partition coefficient (Wildman–Crippen LogP) is 4.02. The summed E-state index contributed by atoms with van der Waals surface area (Å²) in [5, 5.41) is 9.40. The number of aromatic nitrogens is 1. The molecule has 1 heterocycles. The smallest absolute Gasteiger partial charge is 0.357 e. The van der Waals surface area contributed by atoms with Gasteiger partial charge in [-0.3, -0.25) is 9.59 Å². The van der Waals surface area contributed by atoms with Crippen LogP contribution in [0.2, 0.25) is 0 Å². The van der Waals surface area contributed by atoms with Crippen LogP contribution in [0.25, 0.3) is 5.69 Å². The van der Waals surface area contributed by atoms with Gasteiger partial charge in [-0.1, -0.05) is 24.3 Å². The number of hydrogen-bond acceptors (Lipinski definition) is 6. The monoisotopic (exact) mass is 527 g/mol. The molecule has 1 aliphatic carbocycles. The third-order valence-electron chi connectivity index (χ3n) is 4.86. The molecule has 7 nitrogen and oxygen atoms in total. The van der Waals surface area contributed by atoms with Gasteiger partial charge in [0.15, 0.2) is 17.3 Å². The van der Waals surface area contributed by atoms with E-state index in [4.69, 9.17) is 10.5 Å². The molecular formula is C21H11Br2N3O4. The molecule has 0 atom stereocenters. The number of anilines is 1. The van der Waals surface area contributed by atoms with Gasteiger partial charge in [0.2, 0.25) is 0 Å². The van der Waals surface area contributed by atoms with Crippen molar-refractivity contribution in [3.05, 3.63) is 79.0 Å². The van der Waals surface area contributed by atoms with Crippen LogP contribution in [0.5, 0.6) is 0 Å². The Hall–Kier alpha value is -3.22. The second-order valence-corrected chi connectivity index (χ2v) is 8.13. The van der Waals surface area contributed by atoms with Gasteiger partial charge in [0.05, 0.1) is 35.2 Å². The van der Waals surface area contributed by atoms with Crippen molar-refractivity contribution < 1.29 is 19.1 Å². The van der Waals surface area contributed by atoms with Crippen LogP contribution in [0.4, 0.5) is 5.69 Å². The second kappa shape index (κ2) is 7.23. The number of carbonyl (C=O) groups is 3. The van der Waals surface area contributed by atoms with E-state index < -0.39 is 11.8 Å². The Balaban J connectivity index is 2.14. The van der Waals surface area contributed by atoms with Crippen LogP contribution in [0.1, 0.15) is 47.9 Å². The molecule has 1 aliphatic rings. The highest BCUT2D eigenvalue weighted by Gasteiger charge is 2.36. The number of halogens is 2. The largest absolute Gasteiger partial charge is 0.464 e. The van der Waals surface area contributed by atoms with E-state index in [-0.39, 0.29) is 45.1 Å². The van der Waals surface area contributed by atoms with E-state index in [9.17, 15) is 19.6 Å². The summed E-state index contributed by atoms with van der Waals surface area (Å²) < 4.78 is 6.97. The molecule has 9 heteroatoms. The van der Waals surface area contributed by atoms with Crippen LogP contribution in [-0.2, 0) is 4.74 Å². The van der Waals surface area contributed by atoms with Crippen molar-refractivity contribution >= 4 is 55.1 Å². The fraction of sp³-hybridized carbons (Fsp3) is 0.0476. The van der Waals surface area contributed by atoms with Crippen molar-refractivity contribution in [1.29, 1.82) is 5.26 Å². The first-order valence-electron chi connectivity index (χ1n) is 8.51. The average Bonchev–Trinajstić information content (AvgIpc) is 3.06. The summed E-state index contributed by atoms with van der Waals surface area (Å²) in [4.78, 5) is 39.1. The molecule has 2 aromatic carbocycles. The van der Waals surface area contributed by atoms with Crippen LogP contribution in [0.3, 0.4) is 0 Å². The van der Waals surface area contributed by atoms with E-state index >= 15 is 0 Å². The molecular weight excluding hydrogens is 518 g/mol. The lowest BCUT2D eigenvalue weighted by Crippen LogP contribution is -2.24. The van der Waals surface area contributed by atoms with Gasteiger partial charge in [-0.05, 0) is 37.9 Å². The number of ketones is 2. The van der Waals surface area contributed by atoms with Crippen molar-refractivity contribution in [3.63, 3.8) is 0 Å². The molecule has 0 aliphatic heterocycles. The molecule has 4 rings (SSSR count). The topological polar surface area (TPSA) is 115 Å². The molecule has 30 heavy (non-hydrogen) atoms. The number of ether oxygens (including phenoxy) is 1. The Morgan fingerprint density at radius 1 is 1.10 bits per heavy atom. The van der Waals surface area contributed by atoms with Gasteiger partial charge in [-0.15, -0.1) is 0 Å². The number of hydrogen-bond donors (Lipinski definition) is 1. The summed E-state index contributed by atoms with van der Waals surface area (Å²) in [6.07, 6.45) is 1.34. The third kappa shape index (κ3) is 2.72. The lowest BCUT2D eigenvalue weighted by atomic mass is 9.83. The van der Waals surface area contributed by atoms with Crippen molar-refractivity contribution in [1.82, 2.24) is 4.57 Å². The Labute approximate surface area is 187 Å². The molecule has 0 amide bonds. The quantitative estimate of drug-likeness (QED) is 0.393. The summed E-state index contributed by atoms with van der Waals surface area (Å²) in [5.41, 5.74) is 6.86. The van der Waals surface area contributed by atoms with E-state index in [2.05, 4.69) is 31.9 Å². The molecule has 0 saturated heterocycles. The highest BCUT2D eigenvalue weighted by molar-refractivity contribution is 9.11. The minimum absolute atomic E-state index is 0.0361. The molecule has 3 aromatic rings. The van der Waals surface area contributed by atoms with Crippen LogP contribution in [0.15, 0.2) is 45.5 Å². The summed E-state index contributed by atoms with van der Waals surface area (Å²) in [6.45, 7) is 0. The number of nitrogens with zero attached hydrogens (tertiary/aromatic N) is 2. The molecule has 1 aromatic heterocycles.